The van der Waals surface area contributed by atoms with Crippen molar-refractivity contribution in [3.63, 3.8) is 0 Å². The lowest BCUT2D eigenvalue weighted by molar-refractivity contribution is 0.0999. The Morgan fingerprint density at radius 1 is 1.29 bits per heavy atom. The number of aromatic nitrogens is 1. The van der Waals surface area contributed by atoms with E-state index in [9.17, 15) is 9.59 Å². The minimum atomic E-state index is -0.719. The van der Waals surface area contributed by atoms with Gasteiger partial charge in [0.1, 0.15) is 10.4 Å². The first-order valence-electron chi connectivity index (χ1n) is 6.23. The molecular formula is C15H11ClN2O2S. The fourth-order valence-electron chi connectivity index (χ4n) is 2.14. The molecule has 0 aliphatic rings. The minimum Gasteiger partial charge on any atom is -0.365 e. The number of hydrogen-bond acceptors (Lipinski definition) is 3. The highest BCUT2D eigenvalue weighted by molar-refractivity contribution is 7.18. The van der Waals surface area contributed by atoms with Crippen LogP contribution in [0.15, 0.2) is 41.3 Å². The summed E-state index contributed by atoms with van der Waals surface area (Å²) >= 11 is 7.35. The predicted octanol–water partition coefficient (Wildman–Crippen LogP) is 2.93. The molecule has 0 fully saturated rings. The molecule has 2 heterocycles. The summed E-state index contributed by atoms with van der Waals surface area (Å²) in [5.41, 5.74) is 5.95. The number of carbonyl (C=O) groups excluding carboxylic acids is 1. The van der Waals surface area contributed by atoms with Gasteiger partial charge in [0.05, 0.1) is 5.39 Å². The maximum atomic E-state index is 12.1. The SMILES string of the molecule is NC(=O)c1c[nH]c2sc(Cc3ccc(Cl)cc3)cc2c1=O. The third kappa shape index (κ3) is 2.70. The van der Waals surface area contributed by atoms with E-state index in [1.54, 1.807) is 6.07 Å². The molecule has 0 spiro atoms. The molecule has 4 nitrogen and oxygen atoms in total. The second-order valence-corrected chi connectivity index (χ2v) is 6.23. The third-order valence-corrected chi connectivity index (χ3v) is 4.50. The standard InChI is InChI=1S/C15H11ClN2O2S/c16-9-3-1-8(2-4-9)5-10-6-11-13(19)12(14(17)20)7-18-15(11)21-10/h1-4,6-7H,5H2,(H2,17,20)(H,18,19). The highest BCUT2D eigenvalue weighted by Crippen LogP contribution is 2.24. The Labute approximate surface area is 129 Å². The second kappa shape index (κ2) is 5.35. The molecule has 2 aromatic heterocycles. The first kappa shape index (κ1) is 13.9. The molecule has 0 aliphatic carbocycles. The molecule has 3 rings (SSSR count). The lowest BCUT2D eigenvalue weighted by atomic mass is 10.1. The average Bonchev–Trinajstić information content (AvgIpc) is 2.85. The highest BCUT2D eigenvalue weighted by atomic mass is 35.5. The monoisotopic (exact) mass is 318 g/mol. The van der Waals surface area contributed by atoms with Gasteiger partial charge in [-0.25, -0.2) is 0 Å². The third-order valence-electron chi connectivity index (χ3n) is 3.18. The molecule has 1 amide bonds. The van der Waals surface area contributed by atoms with E-state index < -0.39 is 5.91 Å². The van der Waals surface area contributed by atoms with Gasteiger partial charge in [-0.2, -0.15) is 0 Å². The number of pyridine rings is 1. The lowest BCUT2D eigenvalue weighted by Crippen LogP contribution is -2.21. The molecule has 0 unspecified atom stereocenters. The van der Waals surface area contributed by atoms with Crippen molar-refractivity contribution in [2.24, 2.45) is 5.73 Å². The molecular weight excluding hydrogens is 308 g/mol. The van der Waals surface area contributed by atoms with Gasteiger partial charge in [0.2, 0.25) is 5.43 Å². The number of hydrogen-bond donors (Lipinski definition) is 2. The Morgan fingerprint density at radius 2 is 2.00 bits per heavy atom. The predicted molar refractivity (Wildman–Crippen MR) is 85.2 cm³/mol. The quantitative estimate of drug-likeness (QED) is 0.779. The zero-order valence-corrected chi connectivity index (χ0v) is 12.4. The first-order chi connectivity index (χ1) is 10.0. The van der Waals surface area contributed by atoms with Crippen molar-refractivity contribution in [2.75, 3.05) is 0 Å². The molecule has 0 saturated carbocycles. The van der Waals surface area contributed by atoms with Crippen molar-refractivity contribution >= 4 is 39.1 Å². The van der Waals surface area contributed by atoms with E-state index in [0.29, 0.717) is 16.8 Å². The van der Waals surface area contributed by atoms with Crippen molar-refractivity contribution in [3.8, 4) is 0 Å². The van der Waals surface area contributed by atoms with E-state index in [1.807, 2.05) is 24.3 Å². The first-order valence-corrected chi connectivity index (χ1v) is 7.42. The summed E-state index contributed by atoms with van der Waals surface area (Å²) in [6, 6.07) is 9.37. The summed E-state index contributed by atoms with van der Waals surface area (Å²) in [6.45, 7) is 0. The van der Waals surface area contributed by atoms with Gasteiger partial charge < -0.3 is 10.7 Å². The maximum absolute atomic E-state index is 12.1. The normalized spacial score (nSPS) is 10.9. The fraction of sp³-hybridized carbons (Fsp3) is 0.0667. The fourth-order valence-corrected chi connectivity index (χ4v) is 3.32. The molecule has 6 heteroatoms. The molecule has 21 heavy (non-hydrogen) atoms. The summed E-state index contributed by atoms with van der Waals surface area (Å²) in [5.74, 6) is -0.719. The summed E-state index contributed by atoms with van der Waals surface area (Å²) in [6.07, 6.45) is 2.07. The second-order valence-electron chi connectivity index (χ2n) is 4.65. The number of nitrogens with one attached hydrogen (secondary N) is 1. The van der Waals surface area contributed by atoms with Crippen LogP contribution in [0.25, 0.3) is 10.2 Å². The maximum Gasteiger partial charge on any atom is 0.254 e. The van der Waals surface area contributed by atoms with Gasteiger partial charge >= 0.3 is 0 Å². The highest BCUT2D eigenvalue weighted by Gasteiger charge is 2.12. The van der Waals surface area contributed by atoms with Crippen LogP contribution in [0.4, 0.5) is 0 Å². The molecule has 3 aromatic rings. The molecule has 3 N–H and O–H groups in total. The molecule has 0 aliphatic heterocycles. The molecule has 106 valence electrons. The zero-order valence-electron chi connectivity index (χ0n) is 10.9. The molecule has 0 atom stereocenters. The Balaban J connectivity index is 2.01. The number of halogens is 1. The number of rotatable bonds is 3. The van der Waals surface area contributed by atoms with Crippen molar-refractivity contribution < 1.29 is 4.79 Å². The van der Waals surface area contributed by atoms with Crippen LogP contribution >= 0.6 is 22.9 Å². The van der Waals surface area contributed by atoms with E-state index in [2.05, 4.69) is 4.98 Å². The summed E-state index contributed by atoms with van der Waals surface area (Å²) in [5, 5.41) is 1.19. The van der Waals surface area contributed by atoms with Gasteiger partial charge in [0.25, 0.3) is 5.91 Å². The van der Waals surface area contributed by atoms with E-state index in [1.165, 1.54) is 17.5 Å². The van der Waals surface area contributed by atoms with Gasteiger partial charge in [-0.05, 0) is 23.8 Å². The van der Waals surface area contributed by atoms with Crippen LogP contribution in [-0.4, -0.2) is 10.9 Å². The number of aromatic amines is 1. The van der Waals surface area contributed by atoms with Crippen molar-refractivity contribution in [3.05, 3.63) is 67.8 Å². The number of H-pyrrole nitrogens is 1. The minimum absolute atomic E-state index is 0.0154. The summed E-state index contributed by atoms with van der Waals surface area (Å²) in [4.78, 5) is 28.1. The summed E-state index contributed by atoms with van der Waals surface area (Å²) in [7, 11) is 0. The Morgan fingerprint density at radius 3 is 2.67 bits per heavy atom. The number of fused-ring (bicyclic) bond motifs is 1. The molecule has 0 saturated heterocycles. The van der Waals surface area contributed by atoms with Gasteiger partial charge in [-0.1, -0.05) is 23.7 Å². The number of thiophene rings is 1. The average molecular weight is 319 g/mol. The van der Waals surface area contributed by atoms with Crippen molar-refractivity contribution in [1.82, 2.24) is 4.98 Å². The number of primary amides is 1. The topological polar surface area (TPSA) is 76.0 Å². The van der Waals surface area contributed by atoms with E-state index >= 15 is 0 Å². The smallest absolute Gasteiger partial charge is 0.254 e. The van der Waals surface area contributed by atoms with Gasteiger partial charge in [0.15, 0.2) is 0 Å². The van der Waals surface area contributed by atoms with Gasteiger partial charge in [0, 0.05) is 22.5 Å². The number of nitrogens with two attached hydrogens (primary N) is 1. The Bertz CT molecular complexity index is 881. The van der Waals surface area contributed by atoms with Gasteiger partial charge in [-0.3, -0.25) is 9.59 Å². The Kier molecular flexibility index (Phi) is 3.53. The van der Waals surface area contributed by atoms with E-state index in [0.717, 1.165) is 15.3 Å². The van der Waals surface area contributed by atoms with E-state index in [4.69, 9.17) is 17.3 Å². The van der Waals surface area contributed by atoms with Crippen LogP contribution in [-0.2, 0) is 6.42 Å². The van der Waals surface area contributed by atoms with Crippen molar-refractivity contribution in [1.29, 1.82) is 0 Å². The summed E-state index contributed by atoms with van der Waals surface area (Å²) < 4.78 is 0. The van der Waals surface area contributed by atoms with Crippen molar-refractivity contribution in [2.45, 2.75) is 6.42 Å². The lowest BCUT2D eigenvalue weighted by Gasteiger charge is -1.98. The van der Waals surface area contributed by atoms with Gasteiger partial charge in [-0.15, -0.1) is 11.3 Å². The molecule has 1 aromatic carbocycles. The van der Waals surface area contributed by atoms with Crippen LogP contribution in [0.3, 0.4) is 0 Å². The largest absolute Gasteiger partial charge is 0.365 e. The van der Waals surface area contributed by atoms with Crippen LogP contribution in [0, 0.1) is 0 Å². The number of amides is 1. The number of carbonyl (C=O) groups is 1. The molecule has 0 radical (unpaired) electrons. The zero-order chi connectivity index (χ0) is 15.0. The van der Waals surface area contributed by atoms with Crippen LogP contribution in [0.2, 0.25) is 5.02 Å². The van der Waals surface area contributed by atoms with Crippen LogP contribution in [0.5, 0.6) is 0 Å². The Hall–Kier alpha value is -2.11. The van der Waals surface area contributed by atoms with Crippen LogP contribution in [0.1, 0.15) is 20.8 Å². The van der Waals surface area contributed by atoms with Crippen LogP contribution < -0.4 is 11.2 Å². The number of benzene rings is 1. The van der Waals surface area contributed by atoms with E-state index in [-0.39, 0.29) is 11.0 Å². The molecule has 0 bridgehead atoms.